The van der Waals surface area contributed by atoms with Crippen LogP contribution in [0.15, 0.2) is 36.4 Å². The quantitative estimate of drug-likeness (QED) is 0.737. The molecule has 0 spiro atoms. The van der Waals surface area contributed by atoms with Crippen LogP contribution >= 0.6 is 0 Å². The Morgan fingerprint density at radius 1 is 1.13 bits per heavy atom. The van der Waals surface area contributed by atoms with Crippen LogP contribution in [0.3, 0.4) is 0 Å². The number of aromatic hydroxyl groups is 2. The topological polar surface area (TPSA) is 94.8 Å². The zero-order valence-corrected chi connectivity index (χ0v) is 12.3. The summed E-state index contributed by atoms with van der Waals surface area (Å²) in [7, 11) is 0. The van der Waals surface area contributed by atoms with E-state index in [0.717, 1.165) is 24.3 Å². The van der Waals surface area contributed by atoms with E-state index in [1.54, 1.807) is 6.92 Å². The molecule has 2 aromatic carbocycles. The number of hydrogen-bond acceptors (Lipinski definition) is 4. The molecule has 0 aliphatic carbocycles. The van der Waals surface area contributed by atoms with E-state index in [1.165, 1.54) is 12.1 Å². The third-order valence-electron chi connectivity index (χ3n) is 3.55. The van der Waals surface area contributed by atoms with Crippen molar-refractivity contribution in [3.05, 3.63) is 58.9 Å². The van der Waals surface area contributed by atoms with Crippen LogP contribution in [0, 0.1) is 5.82 Å². The molecule has 0 bridgehead atoms. The summed E-state index contributed by atoms with van der Waals surface area (Å²) in [5.74, 6) is -4.26. The Morgan fingerprint density at radius 3 is 2.26 bits per heavy atom. The van der Waals surface area contributed by atoms with E-state index >= 15 is 0 Å². The number of phenols is 2. The lowest BCUT2D eigenvalue weighted by molar-refractivity contribution is -0.138. The Bertz CT molecular complexity index is 752. The summed E-state index contributed by atoms with van der Waals surface area (Å²) >= 11 is 0. The normalized spacial score (nSPS) is 11.9. The first-order chi connectivity index (χ1) is 10.8. The minimum Gasteiger partial charge on any atom is -0.508 e. The number of halogens is 1. The highest BCUT2D eigenvalue weighted by molar-refractivity contribution is 6.12. The SMILES string of the molecule is CCC(C(=O)O)c1cc(O)cc(O)c1C(=O)c1ccc(F)cc1. The van der Waals surface area contributed by atoms with E-state index in [-0.39, 0.29) is 28.9 Å². The Hall–Kier alpha value is -2.89. The Morgan fingerprint density at radius 2 is 1.74 bits per heavy atom. The zero-order valence-electron chi connectivity index (χ0n) is 12.3. The maximum atomic E-state index is 13.0. The Balaban J connectivity index is 2.63. The second-order valence-corrected chi connectivity index (χ2v) is 5.06. The minimum absolute atomic E-state index is 0.0202. The summed E-state index contributed by atoms with van der Waals surface area (Å²) in [6.45, 7) is 1.62. The molecule has 0 fully saturated rings. The first kappa shape index (κ1) is 16.5. The standard InChI is InChI=1S/C17H15FO5/c1-2-12(17(22)23)13-7-11(19)8-14(20)15(13)16(21)9-3-5-10(18)6-4-9/h3-8,12,19-20H,2H2,1H3,(H,22,23). The molecule has 2 rings (SSSR count). The molecular weight excluding hydrogens is 303 g/mol. The molecule has 1 atom stereocenters. The van der Waals surface area contributed by atoms with Crippen LogP contribution in [-0.4, -0.2) is 27.1 Å². The molecule has 0 heterocycles. The highest BCUT2D eigenvalue weighted by Crippen LogP contribution is 2.35. The van der Waals surface area contributed by atoms with E-state index < -0.39 is 29.2 Å². The zero-order chi connectivity index (χ0) is 17.1. The molecular formula is C17H15FO5. The predicted octanol–water partition coefficient (Wildman–Crippen LogP) is 3.05. The van der Waals surface area contributed by atoms with Crippen LogP contribution in [0.1, 0.15) is 40.7 Å². The van der Waals surface area contributed by atoms with Gasteiger partial charge < -0.3 is 15.3 Å². The monoisotopic (exact) mass is 318 g/mol. The molecule has 0 amide bonds. The van der Waals surface area contributed by atoms with Gasteiger partial charge in [-0.2, -0.15) is 0 Å². The van der Waals surface area contributed by atoms with Gasteiger partial charge in [-0.15, -0.1) is 0 Å². The van der Waals surface area contributed by atoms with Gasteiger partial charge in [0.15, 0.2) is 5.78 Å². The predicted molar refractivity (Wildman–Crippen MR) is 80.3 cm³/mol. The molecule has 0 saturated carbocycles. The third-order valence-corrected chi connectivity index (χ3v) is 3.55. The van der Waals surface area contributed by atoms with E-state index in [1.807, 2.05) is 0 Å². The van der Waals surface area contributed by atoms with E-state index in [2.05, 4.69) is 0 Å². The van der Waals surface area contributed by atoms with Gasteiger partial charge in [-0.1, -0.05) is 6.92 Å². The minimum atomic E-state index is -1.18. The van der Waals surface area contributed by atoms with E-state index in [0.29, 0.717) is 0 Å². The molecule has 120 valence electrons. The summed E-state index contributed by atoms with van der Waals surface area (Å²) in [5, 5.41) is 29.0. The molecule has 1 unspecified atom stereocenters. The van der Waals surface area contributed by atoms with Crippen molar-refractivity contribution >= 4 is 11.8 Å². The summed E-state index contributed by atoms with van der Waals surface area (Å²) in [6.07, 6.45) is 0.169. The number of ketones is 1. The molecule has 0 saturated heterocycles. The van der Waals surface area contributed by atoms with Crippen LogP contribution < -0.4 is 0 Å². The lowest BCUT2D eigenvalue weighted by atomic mass is 9.87. The number of rotatable bonds is 5. The van der Waals surface area contributed by atoms with E-state index in [4.69, 9.17) is 0 Å². The fourth-order valence-electron chi connectivity index (χ4n) is 2.43. The molecule has 2 aromatic rings. The number of phenolic OH excluding ortho intramolecular Hbond substituents is 2. The second-order valence-electron chi connectivity index (χ2n) is 5.06. The summed E-state index contributed by atoms with van der Waals surface area (Å²) in [6, 6.07) is 6.80. The van der Waals surface area contributed by atoms with Crippen molar-refractivity contribution in [1.29, 1.82) is 0 Å². The fraction of sp³-hybridized carbons (Fsp3) is 0.176. The van der Waals surface area contributed by atoms with Crippen LogP contribution in [-0.2, 0) is 4.79 Å². The van der Waals surface area contributed by atoms with Gasteiger partial charge in [-0.3, -0.25) is 9.59 Å². The van der Waals surface area contributed by atoms with Gasteiger partial charge in [-0.05, 0) is 42.3 Å². The van der Waals surface area contributed by atoms with Gasteiger partial charge in [-0.25, -0.2) is 4.39 Å². The number of carboxylic acid groups (broad SMARTS) is 1. The Labute approximate surface area is 131 Å². The maximum absolute atomic E-state index is 13.0. The molecule has 0 aliphatic heterocycles. The maximum Gasteiger partial charge on any atom is 0.310 e. The summed E-state index contributed by atoms with van der Waals surface area (Å²) in [5.41, 5.74) is -0.0793. The smallest absolute Gasteiger partial charge is 0.310 e. The number of hydrogen-bond donors (Lipinski definition) is 3. The number of carboxylic acids is 1. The van der Waals surface area contributed by atoms with Gasteiger partial charge in [0, 0.05) is 11.6 Å². The fourth-order valence-corrected chi connectivity index (χ4v) is 2.43. The van der Waals surface area contributed by atoms with Crippen molar-refractivity contribution in [2.45, 2.75) is 19.3 Å². The lowest BCUT2D eigenvalue weighted by Crippen LogP contribution is -2.16. The molecule has 6 heteroatoms. The summed E-state index contributed by atoms with van der Waals surface area (Å²) < 4.78 is 13.0. The van der Waals surface area contributed by atoms with Crippen molar-refractivity contribution in [2.24, 2.45) is 0 Å². The van der Waals surface area contributed by atoms with Crippen LogP contribution in [0.2, 0.25) is 0 Å². The van der Waals surface area contributed by atoms with Crippen molar-refractivity contribution in [3.63, 3.8) is 0 Å². The average Bonchev–Trinajstić information content (AvgIpc) is 2.47. The van der Waals surface area contributed by atoms with Crippen molar-refractivity contribution in [1.82, 2.24) is 0 Å². The van der Waals surface area contributed by atoms with E-state index in [9.17, 15) is 29.3 Å². The van der Waals surface area contributed by atoms with Gasteiger partial charge in [0.25, 0.3) is 0 Å². The van der Waals surface area contributed by atoms with Crippen molar-refractivity contribution < 1.29 is 29.3 Å². The molecule has 0 radical (unpaired) electrons. The number of carbonyl (C=O) groups is 2. The van der Waals surface area contributed by atoms with Crippen molar-refractivity contribution in [3.8, 4) is 11.5 Å². The van der Waals surface area contributed by atoms with Crippen LogP contribution in [0.25, 0.3) is 0 Å². The van der Waals surface area contributed by atoms with Gasteiger partial charge in [0.2, 0.25) is 0 Å². The second kappa shape index (κ2) is 6.48. The molecule has 5 nitrogen and oxygen atoms in total. The van der Waals surface area contributed by atoms with Crippen LogP contribution in [0.4, 0.5) is 4.39 Å². The largest absolute Gasteiger partial charge is 0.508 e. The Kier molecular flexibility index (Phi) is 4.64. The van der Waals surface area contributed by atoms with Gasteiger partial charge in [0.1, 0.15) is 17.3 Å². The number of carbonyl (C=O) groups excluding carboxylic acids is 1. The number of benzene rings is 2. The molecule has 23 heavy (non-hydrogen) atoms. The molecule has 0 aliphatic rings. The number of aliphatic carboxylic acids is 1. The third kappa shape index (κ3) is 3.31. The lowest BCUT2D eigenvalue weighted by Gasteiger charge is -2.16. The highest BCUT2D eigenvalue weighted by atomic mass is 19.1. The van der Waals surface area contributed by atoms with Crippen LogP contribution in [0.5, 0.6) is 11.5 Å². The highest BCUT2D eigenvalue weighted by Gasteiger charge is 2.27. The first-order valence-corrected chi connectivity index (χ1v) is 6.94. The molecule has 3 N–H and O–H groups in total. The van der Waals surface area contributed by atoms with Gasteiger partial charge >= 0.3 is 5.97 Å². The molecule has 0 aromatic heterocycles. The average molecular weight is 318 g/mol. The summed E-state index contributed by atoms with van der Waals surface area (Å²) in [4.78, 5) is 24.0. The van der Waals surface area contributed by atoms with Crippen molar-refractivity contribution in [2.75, 3.05) is 0 Å². The van der Waals surface area contributed by atoms with Gasteiger partial charge in [0.05, 0.1) is 11.5 Å². The first-order valence-electron chi connectivity index (χ1n) is 6.94.